The van der Waals surface area contributed by atoms with E-state index in [2.05, 4.69) is 53.8 Å². The van der Waals surface area contributed by atoms with Crippen LogP contribution in [0.1, 0.15) is 134 Å². The Labute approximate surface area is 329 Å². The summed E-state index contributed by atoms with van der Waals surface area (Å²) in [5, 5.41) is 15.1. The van der Waals surface area contributed by atoms with Crippen LogP contribution in [0.15, 0.2) is 35.7 Å². The van der Waals surface area contributed by atoms with Crippen molar-refractivity contribution in [3.63, 3.8) is 0 Å². The molecule has 0 radical (unpaired) electrons. The van der Waals surface area contributed by atoms with Crippen molar-refractivity contribution in [1.82, 2.24) is 20.1 Å². The third kappa shape index (κ3) is 14.2. The molecule has 0 saturated heterocycles. The molecule has 0 saturated carbocycles. The Kier molecular flexibility index (Phi) is 20.6. The largest absolute Gasteiger partial charge is 0.481 e. The summed E-state index contributed by atoms with van der Waals surface area (Å²) < 4.78 is 6.44. The highest BCUT2D eigenvalue weighted by Crippen LogP contribution is 2.33. The molecule has 1 aromatic carbocycles. The molecule has 8 atom stereocenters. The predicted octanol–water partition coefficient (Wildman–Crippen LogP) is 8.31. The number of aliphatic carboxylic acids is 1. The zero-order valence-electron chi connectivity index (χ0n) is 35.0. The number of carboxylic acids is 1. The van der Waals surface area contributed by atoms with Gasteiger partial charge in [0.25, 0.3) is 5.91 Å². The number of likely N-dealkylation sites (N-methyl/N-ethyl adjacent to an activating group) is 1. The summed E-state index contributed by atoms with van der Waals surface area (Å²) in [4.78, 5) is 62.8. The van der Waals surface area contributed by atoms with Gasteiger partial charge in [-0.2, -0.15) is 0 Å². The number of Topliss-reactive ketones (excluding diaryl/α,β-unsaturated/α-hetero) is 1. The minimum atomic E-state index is -0.907. The first-order valence-corrected chi connectivity index (χ1v) is 21.1. The number of carbonyl (C=O) groups excluding carboxylic acids is 3. The number of carboxylic acid groups (broad SMARTS) is 1. The Morgan fingerprint density at radius 2 is 1.56 bits per heavy atom. The molecule has 0 bridgehead atoms. The maximum atomic E-state index is 14.7. The Bertz CT molecular complexity index is 1430. The second kappa shape index (κ2) is 23.7. The van der Waals surface area contributed by atoms with Crippen LogP contribution in [0.4, 0.5) is 0 Å². The van der Waals surface area contributed by atoms with Gasteiger partial charge in [0.1, 0.15) is 16.8 Å². The lowest BCUT2D eigenvalue weighted by Crippen LogP contribution is -2.50. The summed E-state index contributed by atoms with van der Waals surface area (Å²) in [7, 11) is 3.89. The molecular formula is C43H70N4O6S. The van der Waals surface area contributed by atoms with E-state index in [0.29, 0.717) is 31.0 Å². The maximum Gasteiger partial charge on any atom is 0.306 e. The number of nitrogens with one attached hydrogen (secondary N) is 1. The van der Waals surface area contributed by atoms with Crippen LogP contribution < -0.4 is 5.32 Å². The average molecular weight is 771 g/mol. The van der Waals surface area contributed by atoms with E-state index in [0.717, 1.165) is 31.2 Å². The summed E-state index contributed by atoms with van der Waals surface area (Å²) in [6.45, 7) is 19.4. The lowest BCUT2D eigenvalue weighted by atomic mass is 9.81. The number of rotatable bonds is 26. The van der Waals surface area contributed by atoms with Crippen LogP contribution >= 0.6 is 11.3 Å². The van der Waals surface area contributed by atoms with Gasteiger partial charge in [0.2, 0.25) is 5.91 Å². The highest BCUT2D eigenvalue weighted by molar-refractivity contribution is 7.09. The second-order valence-corrected chi connectivity index (χ2v) is 16.7. The van der Waals surface area contributed by atoms with E-state index in [1.54, 1.807) is 12.3 Å². The Morgan fingerprint density at radius 3 is 2.09 bits per heavy atom. The number of ether oxygens (including phenoxy) is 1. The number of nitrogens with zero attached hydrogens (tertiary/aromatic N) is 3. The van der Waals surface area contributed by atoms with Gasteiger partial charge in [-0.15, -0.1) is 11.3 Å². The predicted molar refractivity (Wildman–Crippen MR) is 219 cm³/mol. The summed E-state index contributed by atoms with van der Waals surface area (Å²) in [6, 6.07) is 8.88. The topological polar surface area (TPSA) is 129 Å². The van der Waals surface area contributed by atoms with Gasteiger partial charge in [0.05, 0.1) is 12.0 Å². The van der Waals surface area contributed by atoms with E-state index in [-0.39, 0.29) is 66.0 Å². The molecule has 2 aromatic rings. The van der Waals surface area contributed by atoms with E-state index < -0.39 is 30.0 Å². The van der Waals surface area contributed by atoms with Crippen molar-refractivity contribution in [2.45, 2.75) is 138 Å². The van der Waals surface area contributed by atoms with E-state index in [1.165, 1.54) is 11.3 Å². The van der Waals surface area contributed by atoms with E-state index in [4.69, 9.17) is 9.72 Å². The van der Waals surface area contributed by atoms with Gasteiger partial charge in [-0.1, -0.05) is 105 Å². The molecule has 2 rings (SSSR count). The molecule has 0 unspecified atom stereocenters. The molecule has 0 aliphatic heterocycles. The first-order valence-electron chi connectivity index (χ1n) is 20.2. The normalized spacial score (nSPS) is 16.2. The lowest BCUT2D eigenvalue weighted by molar-refractivity contribution is -0.145. The van der Waals surface area contributed by atoms with E-state index in [1.807, 2.05) is 61.2 Å². The minimum absolute atomic E-state index is 0.0217. The number of ketones is 1. The standard InChI is InChI=1S/C43H70N4O6S/c1-12-21-47(42(50)34(29(7)14-3)25-37(48)39(46(10)11)30(8)15-4)36(28(5)6)26-38(53-22-13-2)41-45-35(27-54-41)40(49)44-33(23-31(9)43(51)52)24-32-19-17-16-18-20-32/h16-20,27-31,33-34,36,38-39H,12-15,21-26H2,1-11H3,(H,44,49)(H,51,52)/t29-,30-,31-,33+,34-,36+,38+,39-/m0/s1. The second-order valence-electron chi connectivity index (χ2n) is 15.8. The van der Waals surface area contributed by atoms with Crippen molar-refractivity contribution in [1.29, 1.82) is 0 Å². The van der Waals surface area contributed by atoms with Crippen LogP contribution in [0.3, 0.4) is 0 Å². The van der Waals surface area contributed by atoms with Crippen LogP contribution in [0.2, 0.25) is 0 Å². The fourth-order valence-electron chi connectivity index (χ4n) is 7.28. The fraction of sp³-hybridized carbons (Fsp3) is 0.698. The van der Waals surface area contributed by atoms with Gasteiger partial charge in [-0.3, -0.25) is 24.1 Å². The van der Waals surface area contributed by atoms with Crippen LogP contribution in [-0.2, 0) is 25.5 Å². The van der Waals surface area contributed by atoms with Crippen LogP contribution in [0, 0.1) is 29.6 Å². The van der Waals surface area contributed by atoms with Crippen molar-refractivity contribution in [2.75, 3.05) is 27.2 Å². The number of carbonyl (C=O) groups is 4. The van der Waals surface area contributed by atoms with Crippen LogP contribution in [-0.4, -0.2) is 88.8 Å². The number of hydrogen-bond donors (Lipinski definition) is 2. The van der Waals surface area contributed by atoms with Crippen molar-refractivity contribution in [3.05, 3.63) is 52.0 Å². The smallest absolute Gasteiger partial charge is 0.306 e. The molecule has 0 aliphatic rings. The van der Waals surface area contributed by atoms with Crippen molar-refractivity contribution < 1.29 is 29.0 Å². The quantitative estimate of drug-likeness (QED) is 0.0978. The van der Waals surface area contributed by atoms with Gasteiger partial charge in [-0.25, -0.2) is 4.98 Å². The van der Waals surface area contributed by atoms with Crippen molar-refractivity contribution in [3.8, 4) is 0 Å². The third-order valence-corrected chi connectivity index (χ3v) is 11.7. The van der Waals surface area contributed by atoms with E-state index >= 15 is 0 Å². The Morgan fingerprint density at radius 1 is 0.907 bits per heavy atom. The molecule has 0 aliphatic carbocycles. The first kappa shape index (κ1) is 47.0. The van der Waals surface area contributed by atoms with Crippen LogP contribution in [0.5, 0.6) is 0 Å². The van der Waals surface area contributed by atoms with Gasteiger partial charge in [0.15, 0.2) is 5.78 Å². The molecule has 0 fully saturated rings. The fourth-order valence-corrected chi connectivity index (χ4v) is 8.14. The first-order chi connectivity index (χ1) is 25.6. The molecule has 0 spiro atoms. The molecule has 2 N–H and O–H groups in total. The zero-order valence-corrected chi connectivity index (χ0v) is 35.8. The molecule has 54 heavy (non-hydrogen) atoms. The summed E-state index contributed by atoms with van der Waals surface area (Å²) in [6.07, 6.45) is 4.28. The molecule has 11 heteroatoms. The number of hydrogen-bond acceptors (Lipinski definition) is 8. The molecule has 304 valence electrons. The summed E-state index contributed by atoms with van der Waals surface area (Å²) in [5.41, 5.74) is 1.27. The van der Waals surface area contributed by atoms with Gasteiger partial charge in [-0.05, 0) is 63.1 Å². The molecule has 2 amide bonds. The number of benzene rings is 1. The van der Waals surface area contributed by atoms with Crippen molar-refractivity contribution in [2.24, 2.45) is 29.6 Å². The SMILES string of the molecule is CCCO[C@H](C[C@H](C(C)C)N(CCC)C(=O)[C@@H](CC(=O)[C@H]([C@@H](C)CC)N(C)C)[C@@H](C)CC)c1nc(C(=O)N[C@@H](Cc2ccccc2)C[C@H](C)C(=O)O)cs1. The highest BCUT2D eigenvalue weighted by atomic mass is 32.1. The number of aromatic nitrogens is 1. The maximum absolute atomic E-state index is 14.7. The minimum Gasteiger partial charge on any atom is -0.481 e. The van der Waals surface area contributed by atoms with Crippen LogP contribution in [0.25, 0.3) is 0 Å². The Balaban J connectivity index is 2.42. The Hall–Kier alpha value is -3.15. The van der Waals surface area contributed by atoms with Crippen molar-refractivity contribution >= 4 is 34.9 Å². The molecule has 1 aromatic heterocycles. The molecule has 1 heterocycles. The highest BCUT2D eigenvalue weighted by Gasteiger charge is 2.38. The van der Waals surface area contributed by atoms with Gasteiger partial charge >= 0.3 is 5.97 Å². The van der Waals surface area contributed by atoms with Gasteiger partial charge < -0.3 is 20.1 Å². The molecule has 10 nitrogen and oxygen atoms in total. The third-order valence-electron chi connectivity index (χ3n) is 10.8. The monoisotopic (exact) mass is 771 g/mol. The molecular weight excluding hydrogens is 701 g/mol. The zero-order chi connectivity index (χ0) is 40.5. The summed E-state index contributed by atoms with van der Waals surface area (Å²) in [5.74, 6) is -1.89. The van der Waals surface area contributed by atoms with E-state index in [9.17, 15) is 24.3 Å². The number of amides is 2. The van der Waals surface area contributed by atoms with Gasteiger partial charge in [0, 0.05) is 49.4 Å². The number of thiazole rings is 1. The lowest BCUT2D eigenvalue weighted by Gasteiger charge is -2.40. The average Bonchev–Trinajstić information content (AvgIpc) is 3.63. The summed E-state index contributed by atoms with van der Waals surface area (Å²) >= 11 is 1.36.